The Balaban J connectivity index is 2.43. The molecule has 0 saturated carbocycles. The molecule has 6 heteroatoms. The fourth-order valence-electron chi connectivity index (χ4n) is 1.50. The predicted molar refractivity (Wildman–Crippen MR) is 65.1 cm³/mol. The highest BCUT2D eigenvalue weighted by Gasteiger charge is 2.12. The smallest absolute Gasteiger partial charge is 0.311 e. The fourth-order valence-corrected chi connectivity index (χ4v) is 1.76. The van der Waals surface area contributed by atoms with Gasteiger partial charge in [-0.05, 0) is 31.2 Å². The molecule has 0 radical (unpaired) electrons. The lowest BCUT2D eigenvalue weighted by Crippen LogP contribution is -2.08. The SMILES string of the molecule is Cc1nc(CC(=O)O)n(-c2ccc(Br)cc2)n1. The summed E-state index contributed by atoms with van der Waals surface area (Å²) < 4.78 is 2.51. The van der Waals surface area contributed by atoms with Gasteiger partial charge >= 0.3 is 5.97 Å². The molecular weight excluding hydrogens is 286 g/mol. The van der Waals surface area contributed by atoms with Crippen LogP contribution in [0.15, 0.2) is 28.7 Å². The molecule has 1 N–H and O–H groups in total. The van der Waals surface area contributed by atoms with Gasteiger partial charge in [0.05, 0.1) is 5.69 Å². The summed E-state index contributed by atoms with van der Waals surface area (Å²) in [6.45, 7) is 1.74. The van der Waals surface area contributed by atoms with Crippen LogP contribution in [-0.4, -0.2) is 25.8 Å². The largest absolute Gasteiger partial charge is 0.481 e. The topological polar surface area (TPSA) is 68.0 Å². The lowest BCUT2D eigenvalue weighted by atomic mass is 10.3. The predicted octanol–water partition coefficient (Wildman–Crippen LogP) is 1.97. The standard InChI is InChI=1S/C11H10BrN3O2/c1-7-13-10(6-11(16)17)15(14-7)9-4-2-8(12)3-5-9/h2-5H,6H2,1H3,(H,16,17). The molecule has 0 aliphatic carbocycles. The van der Waals surface area contributed by atoms with E-state index in [9.17, 15) is 4.79 Å². The number of benzene rings is 1. The summed E-state index contributed by atoms with van der Waals surface area (Å²) in [4.78, 5) is 14.8. The summed E-state index contributed by atoms with van der Waals surface area (Å²) in [7, 11) is 0. The van der Waals surface area contributed by atoms with E-state index in [0.717, 1.165) is 10.2 Å². The molecule has 5 nitrogen and oxygen atoms in total. The van der Waals surface area contributed by atoms with Crippen LogP contribution in [0.1, 0.15) is 11.6 Å². The fraction of sp³-hybridized carbons (Fsp3) is 0.182. The third-order valence-electron chi connectivity index (χ3n) is 2.16. The monoisotopic (exact) mass is 295 g/mol. The van der Waals surface area contributed by atoms with Gasteiger partial charge in [0.2, 0.25) is 0 Å². The molecule has 0 unspecified atom stereocenters. The van der Waals surface area contributed by atoms with Crippen LogP contribution in [0.3, 0.4) is 0 Å². The molecule has 0 amide bonds. The van der Waals surface area contributed by atoms with Gasteiger partial charge in [-0.15, -0.1) is 0 Å². The van der Waals surface area contributed by atoms with Crippen molar-refractivity contribution < 1.29 is 9.90 Å². The number of carboxylic acid groups (broad SMARTS) is 1. The number of aryl methyl sites for hydroxylation is 1. The summed E-state index contributed by atoms with van der Waals surface area (Å²) in [5.41, 5.74) is 0.796. The van der Waals surface area contributed by atoms with Crippen molar-refractivity contribution in [1.29, 1.82) is 0 Å². The second-order valence-electron chi connectivity index (χ2n) is 3.53. The van der Waals surface area contributed by atoms with Crippen LogP contribution in [0, 0.1) is 6.92 Å². The molecule has 1 heterocycles. The normalized spacial score (nSPS) is 10.5. The molecule has 2 aromatic rings. The molecule has 0 aliphatic heterocycles. The number of halogens is 1. The number of nitrogens with zero attached hydrogens (tertiary/aromatic N) is 3. The minimum atomic E-state index is -0.921. The Morgan fingerprint density at radius 1 is 1.41 bits per heavy atom. The molecule has 0 saturated heterocycles. The second kappa shape index (κ2) is 4.67. The molecule has 0 fully saturated rings. The Kier molecular flexibility index (Phi) is 3.23. The Labute approximate surface area is 106 Å². The summed E-state index contributed by atoms with van der Waals surface area (Å²) in [5, 5.41) is 13.0. The summed E-state index contributed by atoms with van der Waals surface area (Å²) in [6, 6.07) is 7.45. The second-order valence-corrected chi connectivity index (χ2v) is 4.45. The zero-order valence-corrected chi connectivity index (χ0v) is 10.7. The van der Waals surface area contributed by atoms with Crippen molar-refractivity contribution in [2.24, 2.45) is 0 Å². The first kappa shape index (κ1) is 11.8. The van der Waals surface area contributed by atoms with E-state index >= 15 is 0 Å². The zero-order chi connectivity index (χ0) is 12.4. The summed E-state index contributed by atoms with van der Waals surface area (Å²) >= 11 is 3.34. The van der Waals surface area contributed by atoms with Crippen LogP contribution in [-0.2, 0) is 11.2 Å². The first-order chi connectivity index (χ1) is 8.06. The van der Waals surface area contributed by atoms with Crippen LogP contribution in [0.5, 0.6) is 0 Å². The van der Waals surface area contributed by atoms with Gasteiger partial charge in [-0.2, -0.15) is 5.10 Å². The molecule has 17 heavy (non-hydrogen) atoms. The number of carbonyl (C=O) groups is 1. The Morgan fingerprint density at radius 3 is 2.65 bits per heavy atom. The first-order valence-electron chi connectivity index (χ1n) is 4.96. The molecule has 0 aliphatic rings. The van der Waals surface area contributed by atoms with Crippen molar-refractivity contribution in [3.05, 3.63) is 40.4 Å². The number of hydrogen-bond donors (Lipinski definition) is 1. The van der Waals surface area contributed by atoms with Gasteiger partial charge in [0, 0.05) is 4.47 Å². The average Bonchev–Trinajstić information content (AvgIpc) is 2.59. The van der Waals surface area contributed by atoms with Crippen molar-refractivity contribution in [2.45, 2.75) is 13.3 Å². The maximum absolute atomic E-state index is 10.7. The van der Waals surface area contributed by atoms with E-state index in [1.807, 2.05) is 24.3 Å². The van der Waals surface area contributed by atoms with E-state index in [1.165, 1.54) is 0 Å². The van der Waals surface area contributed by atoms with E-state index in [0.29, 0.717) is 11.6 Å². The van der Waals surface area contributed by atoms with Crippen LogP contribution >= 0.6 is 15.9 Å². The van der Waals surface area contributed by atoms with Crippen molar-refractivity contribution >= 4 is 21.9 Å². The van der Waals surface area contributed by atoms with E-state index in [1.54, 1.807) is 11.6 Å². The van der Waals surface area contributed by atoms with Gasteiger partial charge in [-0.1, -0.05) is 15.9 Å². The minimum absolute atomic E-state index is 0.142. The average molecular weight is 296 g/mol. The van der Waals surface area contributed by atoms with Crippen molar-refractivity contribution in [1.82, 2.24) is 14.8 Å². The number of aromatic nitrogens is 3. The minimum Gasteiger partial charge on any atom is -0.481 e. The highest BCUT2D eigenvalue weighted by Crippen LogP contribution is 2.15. The quantitative estimate of drug-likeness (QED) is 0.940. The molecule has 0 bridgehead atoms. The summed E-state index contributed by atoms with van der Waals surface area (Å²) in [5.74, 6) is 0.0669. The summed E-state index contributed by atoms with van der Waals surface area (Å²) in [6.07, 6.45) is -0.142. The van der Waals surface area contributed by atoms with Gasteiger partial charge in [0.25, 0.3) is 0 Å². The zero-order valence-electron chi connectivity index (χ0n) is 9.09. The van der Waals surface area contributed by atoms with Gasteiger partial charge in [-0.3, -0.25) is 4.79 Å². The van der Waals surface area contributed by atoms with Crippen molar-refractivity contribution in [2.75, 3.05) is 0 Å². The molecule has 0 atom stereocenters. The number of hydrogen-bond acceptors (Lipinski definition) is 3. The Hall–Kier alpha value is -1.69. The van der Waals surface area contributed by atoms with Crippen LogP contribution in [0.2, 0.25) is 0 Å². The Morgan fingerprint density at radius 2 is 2.06 bits per heavy atom. The van der Waals surface area contributed by atoms with Gasteiger partial charge in [0.1, 0.15) is 18.1 Å². The van der Waals surface area contributed by atoms with Crippen LogP contribution in [0.4, 0.5) is 0 Å². The van der Waals surface area contributed by atoms with Crippen molar-refractivity contribution in [3.63, 3.8) is 0 Å². The molecule has 1 aromatic heterocycles. The maximum Gasteiger partial charge on any atom is 0.311 e. The highest BCUT2D eigenvalue weighted by molar-refractivity contribution is 9.10. The third kappa shape index (κ3) is 2.71. The first-order valence-corrected chi connectivity index (χ1v) is 5.76. The molecule has 1 aromatic carbocycles. The number of aliphatic carboxylic acids is 1. The van der Waals surface area contributed by atoms with Crippen LogP contribution in [0.25, 0.3) is 5.69 Å². The molecule has 0 spiro atoms. The molecule has 88 valence electrons. The lowest BCUT2D eigenvalue weighted by molar-refractivity contribution is -0.136. The van der Waals surface area contributed by atoms with E-state index in [2.05, 4.69) is 26.0 Å². The highest BCUT2D eigenvalue weighted by atomic mass is 79.9. The Bertz CT molecular complexity index is 548. The van der Waals surface area contributed by atoms with Crippen molar-refractivity contribution in [3.8, 4) is 5.69 Å². The molecule has 2 rings (SSSR count). The lowest BCUT2D eigenvalue weighted by Gasteiger charge is -2.04. The van der Waals surface area contributed by atoms with Gasteiger partial charge in [0.15, 0.2) is 0 Å². The van der Waals surface area contributed by atoms with E-state index in [4.69, 9.17) is 5.11 Å². The van der Waals surface area contributed by atoms with Crippen LogP contribution < -0.4 is 0 Å². The van der Waals surface area contributed by atoms with E-state index in [-0.39, 0.29) is 6.42 Å². The van der Waals surface area contributed by atoms with Gasteiger partial charge in [-0.25, -0.2) is 9.67 Å². The maximum atomic E-state index is 10.7. The number of rotatable bonds is 3. The number of carboxylic acids is 1. The van der Waals surface area contributed by atoms with E-state index < -0.39 is 5.97 Å². The molecular formula is C11H10BrN3O2. The van der Waals surface area contributed by atoms with Gasteiger partial charge < -0.3 is 5.11 Å². The third-order valence-corrected chi connectivity index (χ3v) is 2.69.